The van der Waals surface area contributed by atoms with Gasteiger partial charge in [0, 0.05) is 32.1 Å². The number of piperazine rings is 1. The van der Waals surface area contributed by atoms with Gasteiger partial charge in [-0.15, -0.1) is 0 Å². The first-order valence-electron chi connectivity index (χ1n) is 7.64. The van der Waals surface area contributed by atoms with Crippen LogP contribution >= 0.6 is 0 Å². The van der Waals surface area contributed by atoms with E-state index >= 15 is 0 Å². The Labute approximate surface area is 124 Å². The first kappa shape index (κ1) is 14.4. The van der Waals surface area contributed by atoms with Crippen LogP contribution < -0.4 is 0 Å². The molecule has 3 aliphatic rings. The van der Waals surface area contributed by atoms with Gasteiger partial charge in [-0.2, -0.15) is 0 Å². The Morgan fingerprint density at radius 2 is 1.38 bits per heavy atom. The van der Waals surface area contributed by atoms with Crippen LogP contribution in [-0.2, 0) is 14.4 Å². The van der Waals surface area contributed by atoms with Gasteiger partial charge in [-0.3, -0.25) is 14.4 Å². The molecule has 2 amide bonds. The van der Waals surface area contributed by atoms with Gasteiger partial charge < -0.3 is 14.9 Å². The number of amides is 2. The molecule has 116 valence electrons. The van der Waals surface area contributed by atoms with E-state index in [1.165, 1.54) is 0 Å². The van der Waals surface area contributed by atoms with Gasteiger partial charge in [-0.25, -0.2) is 0 Å². The maximum atomic E-state index is 12.5. The summed E-state index contributed by atoms with van der Waals surface area (Å²) in [6.45, 7) is 5.87. The number of aliphatic carboxylic acids is 1. The van der Waals surface area contributed by atoms with E-state index in [2.05, 4.69) is 0 Å². The zero-order valence-corrected chi connectivity index (χ0v) is 12.5. The third-order valence-corrected chi connectivity index (χ3v) is 5.19. The maximum absolute atomic E-state index is 12.5. The van der Waals surface area contributed by atoms with Crippen LogP contribution in [0.25, 0.3) is 0 Å². The second kappa shape index (κ2) is 4.71. The highest BCUT2D eigenvalue weighted by atomic mass is 16.4. The van der Waals surface area contributed by atoms with Gasteiger partial charge in [0.1, 0.15) is 0 Å². The summed E-state index contributed by atoms with van der Waals surface area (Å²) in [5.41, 5.74) is -0.454. The van der Waals surface area contributed by atoms with Crippen molar-refractivity contribution in [3.63, 3.8) is 0 Å². The molecule has 0 spiro atoms. The molecule has 0 bridgehead atoms. The zero-order chi connectivity index (χ0) is 15.4. The number of carbonyl (C=O) groups excluding carboxylic acids is 2. The van der Waals surface area contributed by atoms with Gasteiger partial charge in [-0.05, 0) is 18.3 Å². The van der Waals surface area contributed by atoms with Crippen LogP contribution in [0.1, 0.15) is 26.7 Å². The minimum Gasteiger partial charge on any atom is -0.481 e. The van der Waals surface area contributed by atoms with Crippen LogP contribution in [0.2, 0.25) is 0 Å². The summed E-state index contributed by atoms with van der Waals surface area (Å²) < 4.78 is 0. The van der Waals surface area contributed by atoms with Crippen molar-refractivity contribution in [3.05, 3.63) is 0 Å². The molecule has 0 aromatic heterocycles. The minimum absolute atomic E-state index is 0.0640. The van der Waals surface area contributed by atoms with Crippen LogP contribution in [0.15, 0.2) is 0 Å². The van der Waals surface area contributed by atoms with Crippen molar-refractivity contribution in [3.8, 4) is 0 Å². The Hall–Kier alpha value is -1.59. The first-order chi connectivity index (χ1) is 9.84. The third kappa shape index (κ3) is 2.40. The molecule has 21 heavy (non-hydrogen) atoms. The molecule has 1 saturated heterocycles. The van der Waals surface area contributed by atoms with E-state index in [0.29, 0.717) is 26.2 Å². The van der Waals surface area contributed by atoms with Gasteiger partial charge in [0.25, 0.3) is 0 Å². The Balaban J connectivity index is 1.56. The smallest absolute Gasteiger partial charge is 0.307 e. The van der Waals surface area contributed by atoms with E-state index in [9.17, 15) is 14.4 Å². The van der Waals surface area contributed by atoms with E-state index < -0.39 is 23.2 Å². The highest BCUT2D eigenvalue weighted by Gasteiger charge is 2.66. The lowest BCUT2D eigenvalue weighted by atomic mass is 10.1. The molecule has 3 rings (SSSR count). The SMILES string of the molecule is CC1(C)C(C(=O)O)C1C(=O)N1CCN(C(=O)C2CC2)CC1. The van der Waals surface area contributed by atoms with Crippen LogP contribution in [0.3, 0.4) is 0 Å². The number of nitrogens with zero attached hydrogens (tertiary/aromatic N) is 2. The standard InChI is InChI=1S/C15H22N2O4/c1-15(2)10(11(15)14(20)21)13(19)17-7-5-16(6-8-17)12(18)9-3-4-9/h9-11H,3-8H2,1-2H3,(H,20,21). The van der Waals surface area contributed by atoms with Crippen LogP contribution in [0, 0.1) is 23.2 Å². The topological polar surface area (TPSA) is 77.9 Å². The number of carboxylic acids is 1. The molecule has 1 N–H and O–H groups in total. The van der Waals surface area contributed by atoms with Crippen LogP contribution in [-0.4, -0.2) is 58.9 Å². The first-order valence-corrected chi connectivity index (χ1v) is 7.64. The van der Waals surface area contributed by atoms with Crippen molar-refractivity contribution in [1.82, 2.24) is 9.80 Å². The molecule has 2 saturated carbocycles. The Morgan fingerprint density at radius 3 is 1.76 bits per heavy atom. The summed E-state index contributed by atoms with van der Waals surface area (Å²) >= 11 is 0. The monoisotopic (exact) mass is 294 g/mol. The average molecular weight is 294 g/mol. The summed E-state index contributed by atoms with van der Waals surface area (Å²) in [5, 5.41) is 9.17. The Bertz CT molecular complexity index is 490. The van der Waals surface area contributed by atoms with Gasteiger partial charge in [0.15, 0.2) is 0 Å². The fourth-order valence-electron chi connectivity index (χ4n) is 3.49. The molecular weight excluding hydrogens is 272 g/mol. The molecule has 2 aliphatic carbocycles. The van der Waals surface area contributed by atoms with Crippen molar-refractivity contribution in [2.24, 2.45) is 23.2 Å². The molecule has 6 heteroatoms. The Morgan fingerprint density at radius 1 is 0.905 bits per heavy atom. The molecule has 3 fully saturated rings. The molecule has 1 aliphatic heterocycles. The number of hydrogen-bond acceptors (Lipinski definition) is 3. The van der Waals surface area contributed by atoms with Gasteiger partial charge in [-0.1, -0.05) is 13.8 Å². The van der Waals surface area contributed by atoms with Crippen molar-refractivity contribution in [2.45, 2.75) is 26.7 Å². The largest absolute Gasteiger partial charge is 0.481 e. The van der Waals surface area contributed by atoms with E-state index in [1.54, 1.807) is 4.90 Å². The summed E-state index contributed by atoms with van der Waals surface area (Å²) in [5.74, 6) is -1.51. The zero-order valence-electron chi connectivity index (χ0n) is 12.5. The molecule has 0 radical (unpaired) electrons. The molecule has 2 unspecified atom stereocenters. The highest BCUT2D eigenvalue weighted by Crippen LogP contribution is 2.59. The molecule has 0 aromatic carbocycles. The van der Waals surface area contributed by atoms with Gasteiger partial charge in [0.05, 0.1) is 11.8 Å². The molecule has 0 aromatic rings. The number of hydrogen-bond donors (Lipinski definition) is 1. The average Bonchev–Trinajstić information content (AvgIpc) is 3.33. The van der Waals surface area contributed by atoms with Crippen molar-refractivity contribution in [1.29, 1.82) is 0 Å². The molecule has 1 heterocycles. The minimum atomic E-state index is -0.888. The summed E-state index contributed by atoms with van der Waals surface area (Å²) in [7, 11) is 0. The molecule has 2 atom stereocenters. The van der Waals surface area contributed by atoms with Crippen molar-refractivity contribution < 1.29 is 19.5 Å². The quantitative estimate of drug-likeness (QED) is 0.818. The molecule has 6 nitrogen and oxygen atoms in total. The summed E-state index contributed by atoms with van der Waals surface area (Å²) in [6.07, 6.45) is 1.99. The predicted octanol–water partition coefficient (Wildman–Crippen LogP) is 0.424. The van der Waals surface area contributed by atoms with Crippen molar-refractivity contribution >= 4 is 17.8 Å². The fourth-order valence-corrected chi connectivity index (χ4v) is 3.49. The lowest BCUT2D eigenvalue weighted by molar-refractivity contribution is -0.143. The van der Waals surface area contributed by atoms with E-state index in [1.807, 2.05) is 18.7 Å². The number of rotatable bonds is 3. The lowest BCUT2D eigenvalue weighted by Gasteiger charge is -2.35. The van der Waals surface area contributed by atoms with Gasteiger partial charge >= 0.3 is 5.97 Å². The van der Waals surface area contributed by atoms with Crippen LogP contribution in [0.5, 0.6) is 0 Å². The predicted molar refractivity (Wildman–Crippen MR) is 74.3 cm³/mol. The highest BCUT2D eigenvalue weighted by molar-refractivity contribution is 5.92. The second-order valence-electron chi connectivity index (χ2n) is 7.04. The van der Waals surface area contributed by atoms with Crippen molar-refractivity contribution in [2.75, 3.05) is 26.2 Å². The number of carbonyl (C=O) groups is 3. The summed E-state index contributed by atoms with van der Waals surface area (Å²) in [4.78, 5) is 39.2. The second-order valence-corrected chi connectivity index (χ2v) is 7.04. The van der Waals surface area contributed by atoms with Crippen LogP contribution in [0.4, 0.5) is 0 Å². The van der Waals surface area contributed by atoms with E-state index in [-0.39, 0.29) is 17.7 Å². The number of carboxylic acid groups (broad SMARTS) is 1. The maximum Gasteiger partial charge on any atom is 0.307 e. The normalized spacial score (nSPS) is 31.0. The summed E-state index contributed by atoms with van der Waals surface area (Å²) in [6, 6.07) is 0. The fraction of sp³-hybridized carbons (Fsp3) is 0.800. The van der Waals surface area contributed by atoms with E-state index in [4.69, 9.17) is 5.11 Å². The van der Waals surface area contributed by atoms with Gasteiger partial charge in [0.2, 0.25) is 11.8 Å². The molecular formula is C15H22N2O4. The van der Waals surface area contributed by atoms with E-state index in [0.717, 1.165) is 12.8 Å². The third-order valence-electron chi connectivity index (χ3n) is 5.19. The Kier molecular flexibility index (Phi) is 3.22. The lowest BCUT2D eigenvalue weighted by Crippen LogP contribution is -2.51.